The van der Waals surface area contributed by atoms with Crippen molar-refractivity contribution in [2.75, 3.05) is 0 Å². The standard InChI is InChI=1S/C23H19N3O4S2/c1-15-4-6-16(7-5-15)8-9-18-10-11-21(31-18)32(29,30)26-20(23(27)28)13-17-14-25-22-19(17)3-2-12-24-22/h2-7,10-12,14,20,26H,13H2,1H3,(H,24,25)(H,27,28). The smallest absolute Gasteiger partial charge is 0.322 e. The van der Waals surface area contributed by atoms with Crippen molar-refractivity contribution in [3.8, 4) is 11.8 Å². The fourth-order valence-electron chi connectivity index (χ4n) is 3.13. The van der Waals surface area contributed by atoms with Gasteiger partial charge in [-0.15, -0.1) is 11.3 Å². The first-order valence-electron chi connectivity index (χ1n) is 9.66. The Morgan fingerprint density at radius 1 is 1.19 bits per heavy atom. The SMILES string of the molecule is Cc1ccc(C#Cc2ccc(S(=O)(=O)NC(Cc3c[nH]c4ncccc34)C(=O)O)s2)cc1. The highest BCUT2D eigenvalue weighted by Gasteiger charge is 2.27. The van der Waals surface area contributed by atoms with Gasteiger partial charge in [0.2, 0.25) is 0 Å². The van der Waals surface area contributed by atoms with Crippen molar-refractivity contribution in [3.05, 3.63) is 82.5 Å². The molecule has 1 atom stereocenters. The number of carboxylic acids is 1. The van der Waals surface area contributed by atoms with Crippen molar-refractivity contribution in [1.29, 1.82) is 0 Å². The Morgan fingerprint density at radius 2 is 1.97 bits per heavy atom. The molecule has 0 spiro atoms. The maximum Gasteiger partial charge on any atom is 0.322 e. The second kappa shape index (κ2) is 8.96. The molecule has 162 valence electrons. The van der Waals surface area contributed by atoms with E-state index in [-0.39, 0.29) is 10.6 Å². The molecule has 3 N–H and O–H groups in total. The summed E-state index contributed by atoms with van der Waals surface area (Å²) in [6.45, 7) is 1.99. The average Bonchev–Trinajstić information content (AvgIpc) is 3.41. The van der Waals surface area contributed by atoms with Crippen molar-refractivity contribution in [2.45, 2.75) is 23.6 Å². The maximum atomic E-state index is 12.8. The number of thiophene rings is 1. The molecule has 3 aromatic heterocycles. The summed E-state index contributed by atoms with van der Waals surface area (Å²) in [5, 5.41) is 10.4. The summed E-state index contributed by atoms with van der Waals surface area (Å²) in [6, 6.07) is 13.0. The van der Waals surface area contributed by atoms with E-state index in [1.54, 1.807) is 30.6 Å². The van der Waals surface area contributed by atoms with E-state index >= 15 is 0 Å². The van der Waals surface area contributed by atoms with E-state index in [0.717, 1.165) is 27.8 Å². The fourth-order valence-corrected chi connectivity index (χ4v) is 5.49. The third-order valence-corrected chi connectivity index (χ3v) is 7.75. The number of aromatic nitrogens is 2. The number of pyridine rings is 1. The highest BCUT2D eigenvalue weighted by atomic mass is 32.2. The quantitative estimate of drug-likeness (QED) is 0.378. The number of carboxylic acid groups (broad SMARTS) is 1. The summed E-state index contributed by atoms with van der Waals surface area (Å²) < 4.78 is 28.0. The van der Waals surface area contributed by atoms with E-state index in [4.69, 9.17) is 0 Å². The Labute approximate surface area is 189 Å². The number of fused-ring (bicyclic) bond motifs is 1. The Morgan fingerprint density at radius 3 is 2.72 bits per heavy atom. The topological polar surface area (TPSA) is 112 Å². The number of carbonyl (C=O) groups is 1. The lowest BCUT2D eigenvalue weighted by atomic mass is 10.1. The minimum Gasteiger partial charge on any atom is -0.480 e. The van der Waals surface area contributed by atoms with Gasteiger partial charge < -0.3 is 10.1 Å². The molecule has 7 nitrogen and oxygen atoms in total. The molecule has 1 aromatic carbocycles. The molecular weight excluding hydrogens is 446 g/mol. The van der Waals surface area contributed by atoms with Crippen LogP contribution in [-0.2, 0) is 21.2 Å². The van der Waals surface area contributed by atoms with E-state index in [1.807, 2.05) is 31.2 Å². The lowest BCUT2D eigenvalue weighted by Gasteiger charge is -2.13. The first-order valence-corrected chi connectivity index (χ1v) is 12.0. The lowest BCUT2D eigenvalue weighted by Crippen LogP contribution is -2.41. The summed E-state index contributed by atoms with van der Waals surface area (Å²) >= 11 is 0.993. The van der Waals surface area contributed by atoms with Gasteiger partial charge in [0, 0.05) is 29.8 Å². The summed E-state index contributed by atoms with van der Waals surface area (Å²) in [4.78, 5) is 19.5. The van der Waals surface area contributed by atoms with E-state index in [9.17, 15) is 18.3 Å². The van der Waals surface area contributed by atoms with Crippen molar-refractivity contribution in [1.82, 2.24) is 14.7 Å². The van der Waals surface area contributed by atoms with Gasteiger partial charge in [-0.3, -0.25) is 4.79 Å². The van der Waals surface area contributed by atoms with E-state index < -0.39 is 22.0 Å². The number of H-pyrrole nitrogens is 1. The third-order valence-electron chi connectivity index (χ3n) is 4.78. The van der Waals surface area contributed by atoms with Crippen molar-refractivity contribution in [3.63, 3.8) is 0 Å². The Kier molecular flexibility index (Phi) is 6.10. The Balaban J connectivity index is 1.52. The highest BCUT2D eigenvalue weighted by Crippen LogP contribution is 2.23. The zero-order chi connectivity index (χ0) is 22.7. The van der Waals surface area contributed by atoms with Gasteiger partial charge in [-0.05, 0) is 48.9 Å². The van der Waals surface area contributed by atoms with Crippen molar-refractivity contribution >= 4 is 38.4 Å². The number of nitrogens with zero attached hydrogens (tertiary/aromatic N) is 1. The summed E-state index contributed by atoms with van der Waals surface area (Å²) in [7, 11) is -4.03. The van der Waals surface area contributed by atoms with Gasteiger partial charge in [0.1, 0.15) is 15.9 Å². The van der Waals surface area contributed by atoms with Crippen LogP contribution >= 0.6 is 11.3 Å². The van der Waals surface area contributed by atoms with Crippen LogP contribution in [0, 0.1) is 18.8 Å². The van der Waals surface area contributed by atoms with Gasteiger partial charge in [0.05, 0.1) is 4.88 Å². The van der Waals surface area contributed by atoms with E-state index in [2.05, 4.69) is 26.5 Å². The summed E-state index contributed by atoms with van der Waals surface area (Å²) in [5.41, 5.74) is 3.23. The first kappa shape index (κ1) is 21.8. The van der Waals surface area contributed by atoms with Gasteiger partial charge in [0.25, 0.3) is 10.0 Å². The molecule has 0 amide bonds. The van der Waals surface area contributed by atoms with Gasteiger partial charge >= 0.3 is 5.97 Å². The number of aromatic amines is 1. The van der Waals surface area contributed by atoms with Gasteiger partial charge in [-0.25, -0.2) is 13.4 Å². The number of nitrogens with one attached hydrogen (secondary N) is 2. The van der Waals surface area contributed by atoms with Crippen LogP contribution in [0.4, 0.5) is 0 Å². The molecule has 0 radical (unpaired) electrons. The first-order chi connectivity index (χ1) is 15.3. The second-order valence-corrected chi connectivity index (χ2v) is 10.2. The van der Waals surface area contributed by atoms with Crippen molar-refractivity contribution < 1.29 is 18.3 Å². The molecule has 0 saturated carbocycles. The van der Waals surface area contributed by atoms with Crippen LogP contribution in [0.3, 0.4) is 0 Å². The number of benzene rings is 1. The van der Waals surface area contributed by atoms with Gasteiger partial charge in [0.15, 0.2) is 0 Å². The predicted octanol–water partition coefficient (Wildman–Crippen LogP) is 3.31. The summed E-state index contributed by atoms with van der Waals surface area (Å²) in [5.74, 6) is 4.69. The van der Waals surface area contributed by atoms with Gasteiger partial charge in [-0.2, -0.15) is 4.72 Å². The van der Waals surface area contributed by atoms with Crippen molar-refractivity contribution in [2.24, 2.45) is 0 Å². The molecule has 4 rings (SSSR count). The molecule has 0 aliphatic carbocycles. The molecular formula is C23H19N3O4S2. The number of hydrogen-bond acceptors (Lipinski definition) is 5. The molecule has 32 heavy (non-hydrogen) atoms. The van der Waals surface area contributed by atoms with Crippen LogP contribution in [-0.4, -0.2) is 35.5 Å². The molecule has 0 saturated heterocycles. The minimum atomic E-state index is -4.03. The van der Waals surface area contributed by atoms with Crippen LogP contribution in [0.1, 0.15) is 21.6 Å². The summed E-state index contributed by atoms with van der Waals surface area (Å²) in [6.07, 6.45) is 3.24. The normalized spacial score (nSPS) is 12.3. The van der Waals surface area contributed by atoms with E-state index in [1.165, 1.54) is 6.07 Å². The zero-order valence-corrected chi connectivity index (χ0v) is 18.6. The predicted molar refractivity (Wildman–Crippen MR) is 123 cm³/mol. The van der Waals surface area contributed by atoms with Crippen LogP contribution in [0.2, 0.25) is 0 Å². The molecule has 0 aliphatic heterocycles. The minimum absolute atomic E-state index is 0.0116. The second-order valence-electron chi connectivity index (χ2n) is 7.16. The number of aliphatic carboxylic acids is 1. The van der Waals surface area contributed by atoms with Crippen LogP contribution in [0.15, 0.2) is 65.1 Å². The molecule has 9 heteroatoms. The monoisotopic (exact) mass is 465 g/mol. The Bertz CT molecular complexity index is 1440. The highest BCUT2D eigenvalue weighted by molar-refractivity contribution is 7.91. The molecule has 4 aromatic rings. The third kappa shape index (κ3) is 4.89. The largest absolute Gasteiger partial charge is 0.480 e. The average molecular weight is 466 g/mol. The number of hydrogen-bond donors (Lipinski definition) is 3. The van der Waals surface area contributed by atoms with E-state index in [0.29, 0.717) is 16.1 Å². The fraction of sp³-hybridized carbons (Fsp3) is 0.130. The molecule has 1 unspecified atom stereocenters. The zero-order valence-electron chi connectivity index (χ0n) is 17.0. The molecule has 0 fully saturated rings. The maximum absolute atomic E-state index is 12.8. The van der Waals surface area contributed by atoms with Crippen LogP contribution in [0.25, 0.3) is 11.0 Å². The molecule has 0 aliphatic rings. The van der Waals surface area contributed by atoms with Gasteiger partial charge in [-0.1, -0.05) is 29.5 Å². The number of sulfonamides is 1. The number of rotatable bonds is 6. The number of aryl methyl sites for hydroxylation is 1. The Hall–Kier alpha value is -3.45. The van der Waals surface area contributed by atoms with Crippen LogP contribution in [0.5, 0.6) is 0 Å². The molecule has 3 heterocycles. The molecule has 0 bridgehead atoms. The van der Waals surface area contributed by atoms with Crippen LogP contribution < -0.4 is 4.72 Å². The lowest BCUT2D eigenvalue weighted by molar-refractivity contribution is -0.138.